The van der Waals surface area contributed by atoms with Crippen molar-refractivity contribution in [3.05, 3.63) is 48.2 Å². The summed E-state index contributed by atoms with van der Waals surface area (Å²) in [5.74, 6) is 0.110. The summed E-state index contributed by atoms with van der Waals surface area (Å²) in [6.07, 6.45) is 6.28. The molecule has 4 rings (SSSR count). The van der Waals surface area contributed by atoms with Gasteiger partial charge in [-0.05, 0) is 44.0 Å². The highest BCUT2D eigenvalue weighted by Gasteiger charge is 2.26. The normalized spacial score (nSPS) is 17.2. The Labute approximate surface area is 134 Å². The summed E-state index contributed by atoms with van der Waals surface area (Å²) in [5.41, 5.74) is 4.28. The number of anilines is 1. The summed E-state index contributed by atoms with van der Waals surface area (Å²) in [6, 6.07) is 8.19. The Balaban J connectivity index is 1.50. The number of benzene rings is 1. The van der Waals surface area contributed by atoms with Crippen molar-refractivity contribution in [2.45, 2.75) is 32.7 Å². The quantitative estimate of drug-likeness (QED) is 0.781. The van der Waals surface area contributed by atoms with Gasteiger partial charge in [-0.25, -0.2) is 4.98 Å². The molecule has 2 N–H and O–H groups in total. The summed E-state index contributed by atoms with van der Waals surface area (Å²) in [4.78, 5) is 20.0. The molecule has 0 saturated carbocycles. The van der Waals surface area contributed by atoms with Crippen LogP contribution in [0.4, 0.5) is 5.69 Å². The number of carbonyl (C=O) groups excluding carboxylic acids is 1. The van der Waals surface area contributed by atoms with Crippen LogP contribution < -0.4 is 5.32 Å². The molecule has 5 nitrogen and oxygen atoms in total. The van der Waals surface area contributed by atoms with Crippen molar-refractivity contribution in [3.63, 3.8) is 0 Å². The number of amides is 1. The van der Waals surface area contributed by atoms with Crippen molar-refractivity contribution in [2.24, 2.45) is 5.92 Å². The highest BCUT2D eigenvalue weighted by molar-refractivity contribution is 5.95. The van der Waals surface area contributed by atoms with E-state index in [1.54, 1.807) is 6.33 Å². The summed E-state index contributed by atoms with van der Waals surface area (Å²) in [5, 5.41) is 4.23. The number of aryl methyl sites for hydroxylation is 2. The Bertz CT molecular complexity index is 861. The fraction of sp³-hybridized carbons (Fsp3) is 0.333. The smallest absolute Gasteiger partial charge is 0.227 e. The molecule has 1 aromatic carbocycles. The second-order valence-electron chi connectivity index (χ2n) is 6.13. The van der Waals surface area contributed by atoms with E-state index < -0.39 is 0 Å². The maximum atomic E-state index is 12.5. The fourth-order valence-electron chi connectivity index (χ4n) is 3.42. The average molecular weight is 308 g/mol. The summed E-state index contributed by atoms with van der Waals surface area (Å²) < 4.78 is 2.20. The molecule has 23 heavy (non-hydrogen) atoms. The van der Waals surface area contributed by atoms with Crippen LogP contribution >= 0.6 is 0 Å². The molecular weight excluding hydrogens is 288 g/mol. The van der Waals surface area contributed by atoms with E-state index in [0.717, 1.165) is 48.3 Å². The molecule has 0 bridgehead atoms. The number of hydrogen-bond acceptors (Lipinski definition) is 2. The number of hydrogen-bond donors (Lipinski definition) is 2. The van der Waals surface area contributed by atoms with Gasteiger partial charge in [0.2, 0.25) is 5.91 Å². The van der Waals surface area contributed by atoms with Gasteiger partial charge < -0.3 is 14.9 Å². The van der Waals surface area contributed by atoms with Crippen molar-refractivity contribution in [3.8, 4) is 0 Å². The molecule has 0 radical (unpaired) electrons. The Morgan fingerprint density at radius 3 is 3.22 bits per heavy atom. The summed E-state index contributed by atoms with van der Waals surface area (Å²) in [6.45, 7) is 3.08. The SMILES string of the molecule is CCn1ccc2cc(NC(=O)C3CCc4nc[nH]c4C3)ccc21. The van der Waals surface area contributed by atoms with Gasteiger partial charge in [-0.2, -0.15) is 0 Å². The van der Waals surface area contributed by atoms with Crippen LogP contribution in [-0.4, -0.2) is 20.4 Å². The fourth-order valence-corrected chi connectivity index (χ4v) is 3.42. The van der Waals surface area contributed by atoms with Gasteiger partial charge >= 0.3 is 0 Å². The predicted molar refractivity (Wildman–Crippen MR) is 90.3 cm³/mol. The number of rotatable bonds is 3. The number of carbonyl (C=O) groups is 1. The van der Waals surface area contributed by atoms with E-state index in [9.17, 15) is 4.79 Å². The number of H-pyrrole nitrogens is 1. The highest BCUT2D eigenvalue weighted by Crippen LogP contribution is 2.25. The molecule has 0 fully saturated rings. The van der Waals surface area contributed by atoms with Crippen molar-refractivity contribution in [1.29, 1.82) is 0 Å². The maximum Gasteiger partial charge on any atom is 0.227 e. The van der Waals surface area contributed by atoms with Crippen LogP contribution in [0.3, 0.4) is 0 Å². The minimum atomic E-state index is 0.0129. The third kappa shape index (κ3) is 2.52. The third-order valence-electron chi connectivity index (χ3n) is 4.74. The lowest BCUT2D eigenvalue weighted by Gasteiger charge is -2.20. The molecular formula is C18H20N4O. The number of fused-ring (bicyclic) bond motifs is 2. The summed E-state index contributed by atoms with van der Waals surface area (Å²) >= 11 is 0. The van der Waals surface area contributed by atoms with E-state index in [1.807, 2.05) is 12.1 Å². The standard InChI is InChI=1S/C18H20N4O/c1-2-22-8-7-12-9-14(4-6-17(12)22)21-18(23)13-3-5-15-16(10-13)20-11-19-15/h4,6-9,11,13H,2-3,5,10H2,1H3,(H,19,20)(H,21,23). The first kappa shape index (κ1) is 14.1. The van der Waals surface area contributed by atoms with Gasteiger partial charge in [0, 0.05) is 47.4 Å². The Hall–Kier alpha value is -2.56. The monoisotopic (exact) mass is 308 g/mol. The lowest BCUT2D eigenvalue weighted by atomic mass is 9.89. The van der Waals surface area contributed by atoms with E-state index in [0.29, 0.717) is 0 Å². The Morgan fingerprint density at radius 1 is 1.43 bits per heavy atom. The van der Waals surface area contributed by atoms with Crippen LogP contribution in [0, 0.1) is 5.92 Å². The van der Waals surface area contributed by atoms with Crippen molar-refractivity contribution >= 4 is 22.5 Å². The van der Waals surface area contributed by atoms with E-state index in [-0.39, 0.29) is 11.8 Å². The van der Waals surface area contributed by atoms with E-state index in [1.165, 1.54) is 5.52 Å². The topological polar surface area (TPSA) is 62.7 Å². The first-order valence-electron chi connectivity index (χ1n) is 8.15. The zero-order valence-corrected chi connectivity index (χ0v) is 13.2. The average Bonchev–Trinajstić information content (AvgIpc) is 3.19. The second kappa shape index (κ2) is 5.57. The highest BCUT2D eigenvalue weighted by atomic mass is 16.1. The molecule has 2 heterocycles. The maximum absolute atomic E-state index is 12.5. The number of aromatic nitrogens is 3. The van der Waals surface area contributed by atoms with Crippen molar-refractivity contribution in [2.75, 3.05) is 5.32 Å². The number of nitrogens with zero attached hydrogens (tertiary/aromatic N) is 2. The van der Waals surface area contributed by atoms with Gasteiger partial charge in [0.25, 0.3) is 0 Å². The van der Waals surface area contributed by atoms with Gasteiger partial charge in [0.1, 0.15) is 0 Å². The lowest BCUT2D eigenvalue weighted by Crippen LogP contribution is -2.28. The second-order valence-corrected chi connectivity index (χ2v) is 6.13. The molecule has 1 unspecified atom stereocenters. The first-order valence-corrected chi connectivity index (χ1v) is 8.15. The third-order valence-corrected chi connectivity index (χ3v) is 4.74. The van der Waals surface area contributed by atoms with Crippen LogP contribution in [0.25, 0.3) is 10.9 Å². The number of imidazole rings is 1. The van der Waals surface area contributed by atoms with Gasteiger partial charge in [-0.1, -0.05) is 0 Å². The van der Waals surface area contributed by atoms with Crippen LogP contribution in [0.2, 0.25) is 0 Å². The zero-order valence-electron chi connectivity index (χ0n) is 13.2. The lowest BCUT2D eigenvalue weighted by molar-refractivity contribution is -0.120. The number of nitrogens with one attached hydrogen (secondary N) is 2. The molecule has 0 aliphatic heterocycles. The van der Waals surface area contributed by atoms with E-state index in [4.69, 9.17) is 0 Å². The minimum Gasteiger partial charge on any atom is -0.348 e. The molecule has 1 atom stereocenters. The summed E-state index contributed by atoms with van der Waals surface area (Å²) in [7, 11) is 0. The van der Waals surface area contributed by atoms with E-state index >= 15 is 0 Å². The molecule has 5 heteroatoms. The first-order chi connectivity index (χ1) is 11.2. The molecule has 0 spiro atoms. The zero-order chi connectivity index (χ0) is 15.8. The van der Waals surface area contributed by atoms with Crippen LogP contribution in [0.5, 0.6) is 0 Å². The van der Waals surface area contributed by atoms with E-state index in [2.05, 4.69) is 45.1 Å². The molecule has 118 valence electrons. The molecule has 2 aromatic heterocycles. The molecule has 0 saturated heterocycles. The van der Waals surface area contributed by atoms with Crippen molar-refractivity contribution in [1.82, 2.24) is 14.5 Å². The van der Waals surface area contributed by atoms with Crippen LogP contribution in [0.15, 0.2) is 36.8 Å². The number of aromatic amines is 1. The molecule has 3 aromatic rings. The molecule has 1 aliphatic carbocycles. The van der Waals surface area contributed by atoms with Gasteiger partial charge in [0.15, 0.2) is 0 Å². The predicted octanol–water partition coefficient (Wildman–Crippen LogP) is 3.13. The largest absolute Gasteiger partial charge is 0.348 e. The minimum absolute atomic E-state index is 0.0129. The van der Waals surface area contributed by atoms with Gasteiger partial charge in [-0.15, -0.1) is 0 Å². The molecule has 1 amide bonds. The molecule has 1 aliphatic rings. The van der Waals surface area contributed by atoms with Gasteiger partial charge in [-0.3, -0.25) is 4.79 Å². The van der Waals surface area contributed by atoms with Gasteiger partial charge in [0.05, 0.1) is 12.0 Å². The van der Waals surface area contributed by atoms with Crippen LogP contribution in [-0.2, 0) is 24.2 Å². The van der Waals surface area contributed by atoms with Crippen LogP contribution in [0.1, 0.15) is 24.7 Å². The Morgan fingerprint density at radius 2 is 2.35 bits per heavy atom. The van der Waals surface area contributed by atoms with Crippen molar-refractivity contribution < 1.29 is 4.79 Å². The Kier molecular flexibility index (Phi) is 3.41.